The number of carbonyl (C=O) groups is 3. The minimum Gasteiger partial charge on any atom is -0.497 e. The highest BCUT2D eigenvalue weighted by molar-refractivity contribution is 6.27. The molecule has 0 aliphatic carbocycles. The van der Waals surface area contributed by atoms with E-state index in [-0.39, 0.29) is 5.91 Å². The zero-order valence-corrected chi connectivity index (χ0v) is 16.8. The third-order valence-electron chi connectivity index (χ3n) is 5.19. The first-order valence-electron chi connectivity index (χ1n) is 9.58. The predicted octanol–water partition coefficient (Wildman–Crippen LogP) is 1.56. The number of ether oxygens (including phenoxy) is 2. The number of benzene rings is 1. The van der Waals surface area contributed by atoms with Crippen molar-refractivity contribution in [1.82, 2.24) is 9.80 Å². The second-order valence-electron chi connectivity index (χ2n) is 6.98. The minimum absolute atomic E-state index is 0.0714. The minimum atomic E-state index is -1.82. The molecule has 29 heavy (non-hydrogen) atoms. The van der Waals surface area contributed by atoms with Crippen LogP contribution in [-0.2, 0) is 9.59 Å². The molecule has 2 fully saturated rings. The summed E-state index contributed by atoms with van der Waals surface area (Å²) in [5.41, 5.74) is 0.640. The van der Waals surface area contributed by atoms with Crippen molar-refractivity contribution in [2.24, 2.45) is 0 Å². The Labute approximate surface area is 169 Å². The standard InChI is InChI=1S/C18H26N2O3.C2H2O4/c1-22-16-11-14(12-17(13-16)23-2)18(21)20-9-5-15(6-10-20)19-7-3-4-8-19;3-1(4)2(5)6/h11-13,15H,3-10H2,1-2H3;(H,3,4)(H,5,6). The molecule has 1 aromatic carbocycles. The lowest BCUT2D eigenvalue weighted by Crippen LogP contribution is -2.45. The summed E-state index contributed by atoms with van der Waals surface area (Å²) in [6.45, 7) is 4.12. The summed E-state index contributed by atoms with van der Waals surface area (Å²) in [6.07, 6.45) is 4.80. The van der Waals surface area contributed by atoms with Gasteiger partial charge in [-0.1, -0.05) is 0 Å². The van der Waals surface area contributed by atoms with E-state index in [1.165, 1.54) is 25.9 Å². The van der Waals surface area contributed by atoms with Gasteiger partial charge in [-0.25, -0.2) is 9.59 Å². The van der Waals surface area contributed by atoms with Crippen LogP contribution in [0.1, 0.15) is 36.0 Å². The van der Waals surface area contributed by atoms with Crippen LogP contribution in [-0.4, -0.2) is 84.3 Å². The smallest absolute Gasteiger partial charge is 0.414 e. The second-order valence-corrected chi connectivity index (χ2v) is 6.98. The number of methoxy groups -OCH3 is 2. The molecule has 9 nitrogen and oxygen atoms in total. The molecule has 2 aliphatic heterocycles. The van der Waals surface area contributed by atoms with Gasteiger partial charge in [-0.05, 0) is 50.9 Å². The highest BCUT2D eigenvalue weighted by atomic mass is 16.5. The van der Waals surface area contributed by atoms with E-state index in [1.54, 1.807) is 32.4 Å². The molecule has 160 valence electrons. The van der Waals surface area contributed by atoms with Crippen molar-refractivity contribution >= 4 is 17.8 Å². The average molecular weight is 408 g/mol. The van der Waals surface area contributed by atoms with Gasteiger partial charge in [0.1, 0.15) is 11.5 Å². The lowest BCUT2D eigenvalue weighted by atomic mass is 10.0. The molecule has 0 saturated carbocycles. The summed E-state index contributed by atoms with van der Waals surface area (Å²) in [5.74, 6) is -2.27. The summed E-state index contributed by atoms with van der Waals surface area (Å²) in [7, 11) is 3.20. The van der Waals surface area contributed by atoms with Crippen LogP contribution < -0.4 is 9.47 Å². The number of nitrogens with zero attached hydrogens (tertiary/aromatic N) is 2. The van der Waals surface area contributed by atoms with Crippen molar-refractivity contribution in [2.75, 3.05) is 40.4 Å². The van der Waals surface area contributed by atoms with Gasteiger partial charge in [0.25, 0.3) is 5.91 Å². The van der Waals surface area contributed by atoms with Gasteiger partial charge < -0.3 is 29.5 Å². The van der Waals surface area contributed by atoms with Crippen molar-refractivity contribution in [3.05, 3.63) is 23.8 Å². The van der Waals surface area contributed by atoms with Gasteiger partial charge >= 0.3 is 11.9 Å². The topological polar surface area (TPSA) is 117 Å². The number of carboxylic acids is 2. The predicted molar refractivity (Wildman–Crippen MR) is 105 cm³/mol. The van der Waals surface area contributed by atoms with Crippen LogP contribution >= 0.6 is 0 Å². The summed E-state index contributed by atoms with van der Waals surface area (Å²) in [5, 5.41) is 14.8. The van der Waals surface area contributed by atoms with Crippen molar-refractivity contribution in [2.45, 2.75) is 31.7 Å². The van der Waals surface area contributed by atoms with Crippen LogP contribution in [0.25, 0.3) is 0 Å². The van der Waals surface area contributed by atoms with Crippen LogP contribution in [0, 0.1) is 0 Å². The molecule has 2 aliphatic rings. The number of rotatable bonds is 4. The van der Waals surface area contributed by atoms with Gasteiger partial charge in [-0.3, -0.25) is 4.79 Å². The number of aliphatic carboxylic acids is 2. The van der Waals surface area contributed by atoms with Crippen molar-refractivity contribution in [3.63, 3.8) is 0 Å². The number of carboxylic acid groups (broad SMARTS) is 2. The van der Waals surface area contributed by atoms with Crippen LogP contribution in [0.2, 0.25) is 0 Å². The van der Waals surface area contributed by atoms with Crippen LogP contribution in [0.15, 0.2) is 18.2 Å². The Kier molecular flexibility index (Phi) is 8.26. The largest absolute Gasteiger partial charge is 0.497 e. The normalized spacial score (nSPS) is 17.2. The van der Waals surface area contributed by atoms with Gasteiger partial charge in [-0.15, -0.1) is 0 Å². The van der Waals surface area contributed by atoms with E-state index in [4.69, 9.17) is 29.3 Å². The third-order valence-corrected chi connectivity index (χ3v) is 5.19. The maximum atomic E-state index is 12.8. The first kappa shape index (κ1) is 22.5. The molecule has 0 atom stereocenters. The Morgan fingerprint density at radius 1 is 0.862 bits per heavy atom. The highest BCUT2D eigenvalue weighted by Gasteiger charge is 2.28. The van der Waals surface area contributed by atoms with E-state index in [0.29, 0.717) is 23.1 Å². The van der Waals surface area contributed by atoms with Gasteiger partial charge in [0.2, 0.25) is 0 Å². The molecule has 2 N–H and O–H groups in total. The molecule has 0 aromatic heterocycles. The number of hydrogen-bond acceptors (Lipinski definition) is 6. The van der Waals surface area contributed by atoms with E-state index >= 15 is 0 Å². The molecule has 0 bridgehead atoms. The Morgan fingerprint density at radius 3 is 1.76 bits per heavy atom. The lowest BCUT2D eigenvalue weighted by molar-refractivity contribution is -0.159. The van der Waals surface area contributed by atoms with E-state index < -0.39 is 11.9 Å². The zero-order chi connectivity index (χ0) is 21.4. The van der Waals surface area contributed by atoms with E-state index in [9.17, 15) is 4.79 Å². The maximum absolute atomic E-state index is 12.8. The summed E-state index contributed by atoms with van der Waals surface area (Å²) >= 11 is 0. The molecule has 1 aromatic rings. The quantitative estimate of drug-likeness (QED) is 0.721. The highest BCUT2D eigenvalue weighted by Crippen LogP contribution is 2.26. The monoisotopic (exact) mass is 408 g/mol. The molecule has 0 unspecified atom stereocenters. The summed E-state index contributed by atoms with van der Waals surface area (Å²) < 4.78 is 10.5. The molecule has 2 saturated heterocycles. The Bertz CT molecular complexity index is 689. The first-order chi connectivity index (χ1) is 13.8. The van der Waals surface area contributed by atoms with Crippen LogP contribution in [0.3, 0.4) is 0 Å². The van der Waals surface area contributed by atoms with Crippen molar-refractivity contribution < 1.29 is 34.1 Å². The van der Waals surface area contributed by atoms with E-state index in [2.05, 4.69) is 4.90 Å². The Balaban J connectivity index is 0.000000438. The molecule has 1 amide bonds. The number of amides is 1. The SMILES string of the molecule is COc1cc(OC)cc(C(=O)N2CCC(N3CCCC3)CC2)c1.O=C(O)C(=O)O. The third kappa shape index (κ3) is 6.35. The van der Waals surface area contributed by atoms with Crippen molar-refractivity contribution in [3.8, 4) is 11.5 Å². The van der Waals surface area contributed by atoms with Gasteiger partial charge in [-0.2, -0.15) is 0 Å². The van der Waals surface area contributed by atoms with Crippen molar-refractivity contribution in [1.29, 1.82) is 0 Å². The number of hydrogen-bond donors (Lipinski definition) is 2. The number of likely N-dealkylation sites (tertiary alicyclic amines) is 2. The second kappa shape index (κ2) is 10.7. The Morgan fingerprint density at radius 2 is 1.34 bits per heavy atom. The summed E-state index contributed by atoms with van der Waals surface area (Å²) in [6, 6.07) is 6.02. The molecular formula is C20H28N2O7. The van der Waals surface area contributed by atoms with Crippen LogP contribution in [0.5, 0.6) is 11.5 Å². The van der Waals surface area contributed by atoms with E-state index in [1.807, 2.05) is 4.90 Å². The zero-order valence-electron chi connectivity index (χ0n) is 16.8. The van der Waals surface area contributed by atoms with Crippen LogP contribution in [0.4, 0.5) is 0 Å². The summed E-state index contributed by atoms with van der Waals surface area (Å²) in [4.78, 5) is 35.5. The fourth-order valence-corrected chi connectivity index (χ4v) is 3.65. The Hall–Kier alpha value is -2.81. The van der Waals surface area contributed by atoms with Gasteiger partial charge in [0, 0.05) is 30.8 Å². The molecule has 0 radical (unpaired) electrons. The van der Waals surface area contributed by atoms with E-state index in [0.717, 1.165) is 25.9 Å². The maximum Gasteiger partial charge on any atom is 0.414 e. The molecule has 9 heteroatoms. The molecule has 2 heterocycles. The molecular weight excluding hydrogens is 380 g/mol. The van der Waals surface area contributed by atoms with Gasteiger partial charge in [0.05, 0.1) is 14.2 Å². The molecule has 0 spiro atoms. The molecule has 3 rings (SSSR count). The fraction of sp³-hybridized carbons (Fsp3) is 0.550. The average Bonchev–Trinajstić information content (AvgIpc) is 3.28. The lowest BCUT2D eigenvalue weighted by Gasteiger charge is -2.36. The number of carbonyl (C=O) groups excluding carboxylic acids is 1. The van der Waals surface area contributed by atoms with Gasteiger partial charge in [0.15, 0.2) is 0 Å². The first-order valence-corrected chi connectivity index (χ1v) is 9.58. The number of piperidine rings is 1. The fourth-order valence-electron chi connectivity index (χ4n) is 3.65.